The van der Waals surface area contributed by atoms with Crippen LogP contribution in [0.2, 0.25) is 0 Å². The molecule has 2 aromatic carbocycles. The predicted octanol–water partition coefficient (Wildman–Crippen LogP) is 5.10. The molecule has 166 valence electrons. The first-order valence-electron chi connectivity index (χ1n) is 9.30. The molecular weight excluding hydrogens is 443 g/mol. The Labute approximate surface area is 186 Å². The van der Waals surface area contributed by atoms with Crippen LogP contribution in [-0.4, -0.2) is 34.5 Å². The van der Waals surface area contributed by atoms with E-state index in [1.165, 1.54) is 20.1 Å². The highest BCUT2D eigenvalue weighted by molar-refractivity contribution is 7.99. The first-order valence-corrected chi connectivity index (χ1v) is 10.3. The third-order valence-electron chi connectivity index (χ3n) is 4.27. The minimum Gasteiger partial charge on any atom is -0.497 e. The molecular formula is C22H18F3N3O3S. The molecule has 6 nitrogen and oxygen atoms in total. The first kappa shape index (κ1) is 23.3. The fourth-order valence-corrected chi connectivity index (χ4v) is 3.35. The van der Waals surface area contributed by atoms with Gasteiger partial charge in [-0.15, -0.1) is 0 Å². The molecule has 32 heavy (non-hydrogen) atoms. The zero-order valence-electron chi connectivity index (χ0n) is 17.1. The van der Waals surface area contributed by atoms with Gasteiger partial charge in [-0.1, -0.05) is 23.9 Å². The van der Waals surface area contributed by atoms with Gasteiger partial charge in [0.05, 0.1) is 18.6 Å². The number of carbonyl (C=O) groups is 2. The summed E-state index contributed by atoms with van der Waals surface area (Å²) in [5.41, 5.74) is 0.265. The molecule has 0 aliphatic carbocycles. The Morgan fingerprint density at radius 1 is 1.06 bits per heavy atom. The van der Waals surface area contributed by atoms with E-state index in [4.69, 9.17) is 4.74 Å². The number of ether oxygens (including phenoxy) is 1. The van der Waals surface area contributed by atoms with E-state index in [1.54, 1.807) is 42.5 Å². The van der Waals surface area contributed by atoms with Crippen LogP contribution in [0.5, 0.6) is 5.75 Å². The highest BCUT2D eigenvalue weighted by Crippen LogP contribution is 2.32. The molecule has 0 fully saturated rings. The number of halogens is 3. The number of hydrogen-bond acceptors (Lipinski definition) is 6. The SMILES string of the molecule is COc1ccc(-c2cc(C(F)(F)F)nc(SCC(=O)Nc3cccc(C(C)=O)c3)n2)cc1. The van der Waals surface area contributed by atoms with Crippen molar-refractivity contribution in [3.8, 4) is 17.0 Å². The summed E-state index contributed by atoms with van der Waals surface area (Å²) >= 11 is 0.779. The maximum absolute atomic E-state index is 13.3. The minimum atomic E-state index is -4.67. The number of rotatable bonds is 7. The van der Waals surface area contributed by atoms with E-state index in [-0.39, 0.29) is 22.4 Å². The predicted molar refractivity (Wildman–Crippen MR) is 115 cm³/mol. The number of alkyl halides is 3. The molecule has 0 atom stereocenters. The Balaban J connectivity index is 1.78. The molecule has 0 aliphatic heterocycles. The largest absolute Gasteiger partial charge is 0.497 e. The summed E-state index contributed by atoms with van der Waals surface area (Å²) in [5.74, 6) is -0.284. The fourth-order valence-electron chi connectivity index (χ4n) is 2.69. The minimum absolute atomic E-state index is 0.0760. The summed E-state index contributed by atoms with van der Waals surface area (Å²) < 4.78 is 45.1. The van der Waals surface area contributed by atoms with Crippen molar-refractivity contribution < 1.29 is 27.5 Å². The van der Waals surface area contributed by atoms with Crippen LogP contribution >= 0.6 is 11.8 Å². The number of nitrogens with zero attached hydrogens (tertiary/aromatic N) is 2. The molecule has 1 amide bonds. The summed E-state index contributed by atoms with van der Waals surface area (Å²) in [5, 5.41) is 2.43. The first-order chi connectivity index (χ1) is 15.2. The molecule has 1 N–H and O–H groups in total. The third kappa shape index (κ3) is 6.07. The van der Waals surface area contributed by atoms with Crippen LogP contribution in [0.15, 0.2) is 59.8 Å². The van der Waals surface area contributed by atoms with E-state index in [1.807, 2.05) is 0 Å². The van der Waals surface area contributed by atoms with Crippen LogP contribution in [-0.2, 0) is 11.0 Å². The Morgan fingerprint density at radius 3 is 2.41 bits per heavy atom. The Kier molecular flexibility index (Phi) is 7.14. The van der Waals surface area contributed by atoms with Crippen LogP contribution in [0.1, 0.15) is 23.0 Å². The lowest BCUT2D eigenvalue weighted by atomic mass is 10.1. The number of thioether (sulfide) groups is 1. The van der Waals surface area contributed by atoms with Gasteiger partial charge >= 0.3 is 6.18 Å². The van der Waals surface area contributed by atoms with Gasteiger partial charge in [0.15, 0.2) is 10.9 Å². The zero-order valence-corrected chi connectivity index (χ0v) is 17.9. The van der Waals surface area contributed by atoms with E-state index in [2.05, 4.69) is 15.3 Å². The zero-order chi connectivity index (χ0) is 23.3. The van der Waals surface area contributed by atoms with Gasteiger partial charge in [0.2, 0.25) is 5.91 Å². The highest BCUT2D eigenvalue weighted by Gasteiger charge is 2.34. The lowest BCUT2D eigenvalue weighted by molar-refractivity contribution is -0.141. The van der Waals surface area contributed by atoms with E-state index in [0.29, 0.717) is 22.6 Å². The third-order valence-corrected chi connectivity index (χ3v) is 5.11. The maximum atomic E-state index is 13.3. The van der Waals surface area contributed by atoms with Gasteiger partial charge < -0.3 is 10.1 Å². The van der Waals surface area contributed by atoms with Crippen molar-refractivity contribution in [3.05, 3.63) is 65.9 Å². The number of methoxy groups -OCH3 is 1. The number of carbonyl (C=O) groups excluding carboxylic acids is 2. The molecule has 0 saturated carbocycles. The number of Topliss-reactive ketones (excluding diaryl/α,β-unsaturated/α-hetero) is 1. The molecule has 0 spiro atoms. The van der Waals surface area contributed by atoms with Crippen molar-refractivity contribution >= 4 is 29.1 Å². The normalized spacial score (nSPS) is 11.2. The highest BCUT2D eigenvalue weighted by atomic mass is 32.2. The number of amides is 1. The Morgan fingerprint density at radius 2 is 1.78 bits per heavy atom. The van der Waals surface area contributed by atoms with Crippen molar-refractivity contribution in [1.82, 2.24) is 9.97 Å². The Bertz CT molecular complexity index is 1140. The van der Waals surface area contributed by atoms with Gasteiger partial charge in [0.1, 0.15) is 11.4 Å². The average molecular weight is 461 g/mol. The standard InChI is InChI=1S/C22H18F3N3O3S/c1-13(29)15-4-3-5-16(10-15)26-20(30)12-32-21-27-18(11-19(28-21)22(23,24)25)14-6-8-17(31-2)9-7-14/h3-11H,12H2,1-2H3,(H,26,30). The fraction of sp³-hybridized carbons (Fsp3) is 0.182. The van der Waals surface area contributed by atoms with Crippen LogP contribution in [0.25, 0.3) is 11.3 Å². The van der Waals surface area contributed by atoms with E-state index >= 15 is 0 Å². The molecule has 1 heterocycles. The van der Waals surface area contributed by atoms with Crippen LogP contribution in [0.3, 0.4) is 0 Å². The van der Waals surface area contributed by atoms with Crippen molar-refractivity contribution in [2.45, 2.75) is 18.3 Å². The monoisotopic (exact) mass is 461 g/mol. The van der Waals surface area contributed by atoms with E-state index < -0.39 is 17.8 Å². The smallest absolute Gasteiger partial charge is 0.433 e. The molecule has 0 radical (unpaired) electrons. The summed E-state index contributed by atoms with van der Waals surface area (Å²) in [6.45, 7) is 1.40. The molecule has 0 aliphatic rings. The number of benzene rings is 2. The van der Waals surface area contributed by atoms with E-state index in [9.17, 15) is 22.8 Å². The van der Waals surface area contributed by atoms with Crippen molar-refractivity contribution in [2.75, 3.05) is 18.2 Å². The van der Waals surface area contributed by atoms with E-state index in [0.717, 1.165) is 17.8 Å². The molecule has 0 saturated heterocycles. The molecule has 3 aromatic rings. The number of anilines is 1. The van der Waals surface area contributed by atoms with Gasteiger partial charge in [0, 0.05) is 16.8 Å². The van der Waals surface area contributed by atoms with Gasteiger partial charge in [-0.3, -0.25) is 9.59 Å². The van der Waals surface area contributed by atoms with Crippen molar-refractivity contribution in [3.63, 3.8) is 0 Å². The van der Waals surface area contributed by atoms with Gasteiger partial charge in [-0.2, -0.15) is 13.2 Å². The second kappa shape index (κ2) is 9.82. The summed E-state index contributed by atoms with van der Waals surface area (Å²) in [4.78, 5) is 31.5. The summed E-state index contributed by atoms with van der Waals surface area (Å²) in [7, 11) is 1.48. The number of nitrogens with one attached hydrogen (secondary N) is 1. The topological polar surface area (TPSA) is 81.2 Å². The quantitative estimate of drug-likeness (QED) is 0.299. The van der Waals surface area contributed by atoms with Gasteiger partial charge in [-0.25, -0.2) is 9.97 Å². The second-order valence-corrected chi connectivity index (χ2v) is 7.56. The van der Waals surface area contributed by atoms with Crippen molar-refractivity contribution in [2.24, 2.45) is 0 Å². The van der Waals surface area contributed by atoms with Crippen molar-refractivity contribution in [1.29, 1.82) is 0 Å². The number of aromatic nitrogens is 2. The number of hydrogen-bond donors (Lipinski definition) is 1. The lowest BCUT2D eigenvalue weighted by Gasteiger charge is -2.11. The second-order valence-electron chi connectivity index (χ2n) is 6.62. The number of ketones is 1. The summed E-state index contributed by atoms with van der Waals surface area (Å²) in [6, 6.07) is 13.6. The van der Waals surface area contributed by atoms with Crippen LogP contribution in [0.4, 0.5) is 18.9 Å². The summed E-state index contributed by atoms with van der Waals surface area (Å²) in [6.07, 6.45) is -4.67. The molecule has 0 bridgehead atoms. The Hall–Kier alpha value is -3.40. The van der Waals surface area contributed by atoms with Gasteiger partial charge in [0.25, 0.3) is 0 Å². The average Bonchev–Trinajstić information content (AvgIpc) is 2.77. The molecule has 1 aromatic heterocycles. The lowest BCUT2D eigenvalue weighted by Crippen LogP contribution is -2.15. The van der Waals surface area contributed by atoms with Crippen LogP contribution in [0, 0.1) is 0 Å². The molecule has 3 rings (SSSR count). The maximum Gasteiger partial charge on any atom is 0.433 e. The molecule has 10 heteroatoms. The molecule has 0 unspecified atom stereocenters. The van der Waals surface area contributed by atoms with Gasteiger partial charge in [-0.05, 0) is 49.4 Å². The van der Waals surface area contributed by atoms with Crippen LogP contribution < -0.4 is 10.1 Å².